The molecule has 106 valence electrons. The van der Waals surface area contributed by atoms with Crippen LogP contribution < -0.4 is 5.32 Å². The average Bonchev–Trinajstić information content (AvgIpc) is 2.25. The van der Waals surface area contributed by atoms with Gasteiger partial charge in [0.1, 0.15) is 0 Å². The third-order valence-electron chi connectivity index (χ3n) is 3.05. The topological polar surface area (TPSA) is 46.2 Å². The molecular formula is C12H14F3NO2S. The Kier molecular flexibility index (Phi) is 3.61. The van der Waals surface area contributed by atoms with E-state index in [0.29, 0.717) is 5.56 Å². The summed E-state index contributed by atoms with van der Waals surface area (Å²) in [5.41, 5.74) is -0.175. The van der Waals surface area contributed by atoms with Gasteiger partial charge in [0.15, 0.2) is 9.84 Å². The van der Waals surface area contributed by atoms with Crippen LogP contribution in [-0.4, -0.2) is 26.0 Å². The van der Waals surface area contributed by atoms with Gasteiger partial charge in [-0.25, -0.2) is 8.42 Å². The molecule has 1 aromatic rings. The number of rotatable bonds is 1. The van der Waals surface area contributed by atoms with Crippen molar-refractivity contribution < 1.29 is 21.6 Å². The van der Waals surface area contributed by atoms with Crippen LogP contribution in [0.5, 0.6) is 0 Å². The fourth-order valence-corrected chi connectivity index (χ4v) is 4.03. The highest BCUT2D eigenvalue weighted by Gasteiger charge is 2.32. The molecular weight excluding hydrogens is 279 g/mol. The van der Waals surface area contributed by atoms with Gasteiger partial charge in [-0.15, -0.1) is 0 Å². The predicted molar refractivity (Wildman–Crippen MR) is 65.4 cm³/mol. The molecule has 3 nitrogen and oxygen atoms in total. The van der Waals surface area contributed by atoms with Crippen molar-refractivity contribution >= 4 is 9.84 Å². The lowest BCUT2D eigenvalue weighted by molar-refractivity contribution is -0.137. The molecule has 2 atom stereocenters. The molecule has 1 aromatic carbocycles. The molecule has 0 aromatic heterocycles. The summed E-state index contributed by atoms with van der Waals surface area (Å²) in [6, 6.07) is 3.95. The largest absolute Gasteiger partial charge is 0.416 e. The summed E-state index contributed by atoms with van der Waals surface area (Å²) in [6.07, 6.45) is -4.38. The van der Waals surface area contributed by atoms with Crippen molar-refractivity contribution in [2.24, 2.45) is 0 Å². The number of benzene rings is 1. The molecule has 2 unspecified atom stereocenters. The van der Waals surface area contributed by atoms with Crippen LogP contribution in [0.1, 0.15) is 24.1 Å². The molecule has 0 bridgehead atoms. The number of halogens is 3. The summed E-state index contributed by atoms with van der Waals surface area (Å²) in [4.78, 5) is 0. The first-order valence-electron chi connectivity index (χ1n) is 5.81. The van der Waals surface area contributed by atoms with Gasteiger partial charge in [-0.3, -0.25) is 0 Å². The fourth-order valence-electron chi connectivity index (χ4n) is 2.24. The Hall–Kier alpha value is -1.08. The van der Waals surface area contributed by atoms with E-state index in [1.165, 1.54) is 12.1 Å². The molecule has 2 rings (SSSR count). The zero-order valence-electron chi connectivity index (χ0n) is 10.2. The Morgan fingerprint density at radius 3 is 2.21 bits per heavy atom. The van der Waals surface area contributed by atoms with Crippen molar-refractivity contribution in [1.82, 2.24) is 5.32 Å². The fraction of sp³-hybridized carbons (Fsp3) is 0.500. The maximum atomic E-state index is 12.4. The minimum Gasteiger partial charge on any atom is -0.306 e. The number of alkyl halides is 3. The molecule has 1 aliphatic rings. The molecule has 1 fully saturated rings. The number of nitrogens with one attached hydrogen (secondary N) is 1. The van der Waals surface area contributed by atoms with Crippen molar-refractivity contribution in [3.63, 3.8) is 0 Å². The smallest absolute Gasteiger partial charge is 0.306 e. The Morgan fingerprint density at radius 1 is 1.16 bits per heavy atom. The monoisotopic (exact) mass is 293 g/mol. The van der Waals surface area contributed by atoms with E-state index in [9.17, 15) is 21.6 Å². The second kappa shape index (κ2) is 4.79. The SMILES string of the molecule is CC1CS(=O)(=O)CC(c2ccc(C(F)(F)F)cc2)N1. The summed E-state index contributed by atoms with van der Waals surface area (Å²) < 4.78 is 60.6. The Morgan fingerprint density at radius 2 is 1.74 bits per heavy atom. The summed E-state index contributed by atoms with van der Waals surface area (Å²) in [7, 11) is -3.15. The van der Waals surface area contributed by atoms with E-state index < -0.39 is 27.6 Å². The second-order valence-electron chi connectivity index (χ2n) is 4.82. The maximum absolute atomic E-state index is 12.4. The highest BCUT2D eigenvalue weighted by Crippen LogP contribution is 2.30. The normalized spacial score (nSPS) is 27.2. The highest BCUT2D eigenvalue weighted by atomic mass is 32.2. The van der Waals surface area contributed by atoms with Crippen molar-refractivity contribution in [2.45, 2.75) is 25.2 Å². The molecule has 1 saturated heterocycles. The molecule has 1 N–H and O–H groups in total. The zero-order chi connectivity index (χ0) is 14.3. The molecule has 0 spiro atoms. The number of sulfone groups is 1. The van der Waals surface area contributed by atoms with Gasteiger partial charge in [0.05, 0.1) is 17.1 Å². The first kappa shape index (κ1) is 14.3. The summed E-state index contributed by atoms with van der Waals surface area (Å²) in [6.45, 7) is 1.74. The van der Waals surface area contributed by atoms with E-state index >= 15 is 0 Å². The maximum Gasteiger partial charge on any atom is 0.416 e. The highest BCUT2D eigenvalue weighted by molar-refractivity contribution is 7.91. The third-order valence-corrected chi connectivity index (χ3v) is 4.90. The van der Waals surface area contributed by atoms with E-state index in [-0.39, 0.29) is 17.5 Å². The minimum absolute atomic E-state index is 0.0597. The second-order valence-corrected chi connectivity index (χ2v) is 6.97. The van der Waals surface area contributed by atoms with Gasteiger partial charge in [0, 0.05) is 12.1 Å². The summed E-state index contributed by atoms with van der Waals surface area (Å²) >= 11 is 0. The van der Waals surface area contributed by atoms with Gasteiger partial charge in [-0.2, -0.15) is 13.2 Å². The molecule has 0 saturated carbocycles. The van der Waals surface area contributed by atoms with Crippen LogP contribution in [0.15, 0.2) is 24.3 Å². The van der Waals surface area contributed by atoms with Gasteiger partial charge in [0.25, 0.3) is 0 Å². The van der Waals surface area contributed by atoms with Crippen molar-refractivity contribution in [1.29, 1.82) is 0 Å². The van der Waals surface area contributed by atoms with E-state index in [0.717, 1.165) is 12.1 Å². The van der Waals surface area contributed by atoms with Gasteiger partial charge < -0.3 is 5.32 Å². The van der Waals surface area contributed by atoms with E-state index in [1.807, 2.05) is 0 Å². The van der Waals surface area contributed by atoms with Crippen LogP contribution in [-0.2, 0) is 16.0 Å². The average molecular weight is 293 g/mol. The number of hydrogen-bond donors (Lipinski definition) is 1. The van der Waals surface area contributed by atoms with Crippen LogP contribution in [0.4, 0.5) is 13.2 Å². The van der Waals surface area contributed by atoms with Gasteiger partial charge >= 0.3 is 6.18 Å². The lowest BCUT2D eigenvalue weighted by Crippen LogP contribution is -2.45. The molecule has 0 aliphatic carbocycles. The summed E-state index contributed by atoms with van der Waals surface area (Å²) in [5, 5.41) is 3.09. The van der Waals surface area contributed by atoms with Crippen LogP contribution in [0.3, 0.4) is 0 Å². The van der Waals surface area contributed by atoms with E-state index in [2.05, 4.69) is 5.32 Å². The Balaban J connectivity index is 2.23. The Bertz CT molecular complexity index is 551. The van der Waals surface area contributed by atoms with Gasteiger partial charge in [-0.05, 0) is 24.6 Å². The zero-order valence-corrected chi connectivity index (χ0v) is 11.1. The first-order valence-corrected chi connectivity index (χ1v) is 7.63. The minimum atomic E-state index is -4.38. The van der Waals surface area contributed by atoms with E-state index in [4.69, 9.17) is 0 Å². The van der Waals surface area contributed by atoms with Gasteiger partial charge in [-0.1, -0.05) is 12.1 Å². The molecule has 0 radical (unpaired) electrons. The molecule has 7 heteroatoms. The third kappa shape index (κ3) is 3.48. The van der Waals surface area contributed by atoms with Crippen LogP contribution >= 0.6 is 0 Å². The molecule has 0 amide bonds. The quantitative estimate of drug-likeness (QED) is 0.863. The lowest BCUT2D eigenvalue weighted by atomic mass is 10.0. The van der Waals surface area contributed by atoms with Crippen LogP contribution in [0.2, 0.25) is 0 Å². The number of hydrogen-bond acceptors (Lipinski definition) is 3. The van der Waals surface area contributed by atoms with Crippen LogP contribution in [0, 0.1) is 0 Å². The van der Waals surface area contributed by atoms with Gasteiger partial charge in [0.2, 0.25) is 0 Å². The van der Waals surface area contributed by atoms with Crippen molar-refractivity contribution in [3.05, 3.63) is 35.4 Å². The lowest BCUT2D eigenvalue weighted by Gasteiger charge is -2.29. The molecule has 1 heterocycles. The van der Waals surface area contributed by atoms with Crippen LogP contribution in [0.25, 0.3) is 0 Å². The predicted octanol–water partition coefficient (Wildman–Crippen LogP) is 2.15. The standard InChI is InChI=1S/C12H14F3NO2S/c1-8-6-19(17,18)7-11(16-8)9-2-4-10(5-3-9)12(13,14)15/h2-5,8,11,16H,6-7H2,1H3. The van der Waals surface area contributed by atoms with Crippen molar-refractivity contribution in [2.75, 3.05) is 11.5 Å². The first-order chi connectivity index (χ1) is 8.67. The van der Waals surface area contributed by atoms with E-state index in [1.54, 1.807) is 6.92 Å². The molecule has 1 aliphatic heterocycles. The Labute approximate surface area is 109 Å². The summed E-state index contributed by atoms with van der Waals surface area (Å²) in [5.74, 6) is -0.0210. The molecule has 19 heavy (non-hydrogen) atoms. The van der Waals surface area contributed by atoms with Crippen molar-refractivity contribution in [3.8, 4) is 0 Å².